The molecular weight excluding hydrogens is 412 g/mol. The molecule has 8 heteroatoms. The summed E-state index contributed by atoms with van der Waals surface area (Å²) in [7, 11) is 0. The van der Waals surface area contributed by atoms with Crippen molar-refractivity contribution in [2.24, 2.45) is 5.92 Å². The Kier molecular flexibility index (Phi) is 6.39. The predicted molar refractivity (Wildman–Crippen MR) is 105 cm³/mol. The van der Waals surface area contributed by atoms with Gasteiger partial charge in [-0.05, 0) is 49.6 Å². The lowest BCUT2D eigenvalue weighted by Gasteiger charge is -2.30. The molecule has 0 bridgehead atoms. The van der Waals surface area contributed by atoms with Crippen molar-refractivity contribution in [1.82, 2.24) is 9.97 Å². The summed E-state index contributed by atoms with van der Waals surface area (Å²) in [6.45, 7) is 3.03. The van der Waals surface area contributed by atoms with Crippen LogP contribution in [0.2, 0.25) is 0 Å². The van der Waals surface area contributed by atoms with Crippen LogP contribution in [0, 0.1) is 12.8 Å². The van der Waals surface area contributed by atoms with E-state index in [1.807, 2.05) is 24.0 Å². The van der Waals surface area contributed by atoms with E-state index in [9.17, 15) is 9.59 Å². The fraction of sp³-hybridized carbons (Fsp3) is 0.368. The number of anilines is 2. The normalized spacial score (nSPS) is 14.7. The predicted octanol–water partition coefficient (Wildman–Crippen LogP) is 2.95. The van der Waals surface area contributed by atoms with Crippen molar-refractivity contribution in [3.63, 3.8) is 0 Å². The maximum absolute atomic E-state index is 12.2. The van der Waals surface area contributed by atoms with Crippen molar-refractivity contribution in [1.29, 1.82) is 0 Å². The molecule has 0 atom stereocenters. The molecule has 0 aliphatic carbocycles. The van der Waals surface area contributed by atoms with E-state index in [0.717, 1.165) is 10.0 Å². The minimum atomic E-state index is -0.347. The van der Waals surface area contributed by atoms with Gasteiger partial charge < -0.3 is 15.0 Å². The first-order valence-electron chi connectivity index (χ1n) is 8.77. The van der Waals surface area contributed by atoms with Gasteiger partial charge in [0, 0.05) is 35.6 Å². The number of carbonyl (C=O) groups is 2. The van der Waals surface area contributed by atoms with E-state index in [1.54, 1.807) is 24.5 Å². The number of piperidine rings is 1. The third-order valence-corrected chi connectivity index (χ3v) is 5.34. The minimum absolute atomic E-state index is 0.201. The Labute approximate surface area is 166 Å². The second-order valence-electron chi connectivity index (χ2n) is 6.43. The first-order valence-corrected chi connectivity index (χ1v) is 9.57. The first-order chi connectivity index (χ1) is 13.0. The summed E-state index contributed by atoms with van der Waals surface area (Å²) in [4.78, 5) is 34.7. The molecule has 27 heavy (non-hydrogen) atoms. The summed E-state index contributed by atoms with van der Waals surface area (Å²) < 4.78 is 6.17. The highest BCUT2D eigenvalue weighted by Gasteiger charge is 2.27. The average Bonchev–Trinajstić information content (AvgIpc) is 2.70. The average molecular weight is 433 g/mol. The Bertz CT molecular complexity index is 808. The summed E-state index contributed by atoms with van der Waals surface area (Å²) in [5.74, 6) is -0.202. The summed E-state index contributed by atoms with van der Waals surface area (Å²) in [6.07, 6.45) is 4.72. The number of aryl methyl sites for hydroxylation is 1. The first kappa shape index (κ1) is 19.3. The van der Waals surface area contributed by atoms with E-state index in [0.29, 0.717) is 37.6 Å². The largest absolute Gasteiger partial charge is 0.455 e. The Hall–Kier alpha value is -2.48. The van der Waals surface area contributed by atoms with Crippen LogP contribution >= 0.6 is 15.9 Å². The number of amides is 1. The number of aromatic nitrogens is 2. The maximum atomic E-state index is 12.2. The topological polar surface area (TPSA) is 84.4 Å². The number of esters is 1. The Morgan fingerprint density at radius 2 is 1.96 bits per heavy atom. The fourth-order valence-corrected chi connectivity index (χ4v) is 3.19. The van der Waals surface area contributed by atoms with Crippen molar-refractivity contribution in [2.75, 3.05) is 29.9 Å². The van der Waals surface area contributed by atoms with E-state index < -0.39 is 0 Å². The highest BCUT2D eigenvalue weighted by atomic mass is 79.9. The second-order valence-corrected chi connectivity index (χ2v) is 7.28. The van der Waals surface area contributed by atoms with Gasteiger partial charge in [-0.3, -0.25) is 9.59 Å². The minimum Gasteiger partial charge on any atom is -0.455 e. The van der Waals surface area contributed by atoms with Gasteiger partial charge in [-0.1, -0.05) is 15.9 Å². The van der Waals surface area contributed by atoms with Crippen LogP contribution in [-0.4, -0.2) is 41.5 Å². The van der Waals surface area contributed by atoms with Crippen LogP contribution in [0.4, 0.5) is 11.6 Å². The molecule has 0 saturated carbocycles. The zero-order chi connectivity index (χ0) is 19.2. The lowest BCUT2D eigenvalue weighted by Crippen LogP contribution is -2.38. The van der Waals surface area contributed by atoms with Crippen LogP contribution in [0.15, 0.2) is 41.1 Å². The van der Waals surface area contributed by atoms with E-state index in [4.69, 9.17) is 4.74 Å². The Morgan fingerprint density at radius 3 is 2.63 bits per heavy atom. The van der Waals surface area contributed by atoms with Crippen LogP contribution in [-0.2, 0) is 14.3 Å². The molecule has 1 aliphatic heterocycles. The number of benzene rings is 1. The summed E-state index contributed by atoms with van der Waals surface area (Å²) in [6, 6.07) is 7.28. The summed E-state index contributed by atoms with van der Waals surface area (Å²) >= 11 is 3.42. The van der Waals surface area contributed by atoms with Gasteiger partial charge >= 0.3 is 5.97 Å². The molecule has 2 heterocycles. The van der Waals surface area contributed by atoms with Gasteiger partial charge in [0.2, 0.25) is 5.95 Å². The molecule has 0 radical (unpaired) electrons. The molecule has 3 rings (SSSR count). The molecule has 142 valence electrons. The number of nitrogens with zero attached hydrogens (tertiary/aromatic N) is 3. The van der Waals surface area contributed by atoms with Crippen LogP contribution in [0.3, 0.4) is 0 Å². The SMILES string of the molecule is Cc1cc(NC(=O)COC(=O)C2CCN(c3ncccn3)CC2)ccc1Br. The summed E-state index contributed by atoms with van der Waals surface area (Å²) in [5, 5.41) is 2.74. The number of hydrogen-bond donors (Lipinski definition) is 1. The molecule has 1 aromatic heterocycles. The van der Waals surface area contributed by atoms with E-state index in [-0.39, 0.29) is 24.4 Å². The lowest BCUT2D eigenvalue weighted by molar-refractivity contribution is -0.152. The van der Waals surface area contributed by atoms with Crippen molar-refractivity contribution >= 4 is 39.4 Å². The molecule has 1 aliphatic rings. The number of ether oxygens (including phenoxy) is 1. The molecule has 1 amide bonds. The van der Waals surface area contributed by atoms with Crippen molar-refractivity contribution in [3.8, 4) is 0 Å². The lowest BCUT2D eigenvalue weighted by atomic mass is 9.97. The fourth-order valence-electron chi connectivity index (χ4n) is 2.94. The molecule has 7 nitrogen and oxygen atoms in total. The quantitative estimate of drug-likeness (QED) is 0.731. The van der Waals surface area contributed by atoms with Gasteiger partial charge in [-0.15, -0.1) is 0 Å². The van der Waals surface area contributed by atoms with Gasteiger partial charge in [0.15, 0.2) is 6.61 Å². The Balaban J connectivity index is 1.43. The third-order valence-electron chi connectivity index (χ3n) is 4.45. The molecule has 1 fully saturated rings. The second kappa shape index (κ2) is 8.94. The number of carbonyl (C=O) groups excluding carboxylic acids is 2. The highest BCUT2D eigenvalue weighted by Crippen LogP contribution is 2.22. The Morgan fingerprint density at radius 1 is 1.26 bits per heavy atom. The standard InChI is InChI=1S/C19H21BrN4O3/c1-13-11-15(3-4-16(13)20)23-17(25)12-27-18(26)14-5-9-24(10-6-14)19-21-7-2-8-22-19/h2-4,7-8,11,14H,5-6,9-10,12H2,1H3,(H,23,25). The molecule has 1 saturated heterocycles. The van der Waals surface area contributed by atoms with E-state index in [1.165, 1.54) is 0 Å². The monoisotopic (exact) mass is 432 g/mol. The zero-order valence-corrected chi connectivity index (χ0v) is 16.6. The van der Waals surface area contributed by atoms with Crippen LogP contribution < -0.4 is 10.2 Å². The zero-order valence-electron chi connectivity index (χ0n) is 15.0. The molecular formula is C19H21BrN4O3. The van der Waals surface area contributed by atoms with Gasteiger partial charge in [0.05, 0.1) is 5.92 Å². The number of rotatable bonds is 5. The van der Waals surface area contributed by atoms with E-state index in [2.05, 4.69) is 31.2 Å². The van der Waals surface area contributed by atoms with E-state index >= 15 is 0 Å². The van der Waals surface area contributed by atoms with Crippen molar-refractivity contribution < 1.29 is 14.3 Å². The summed E-state index contributed by atoms with van der Waals surface area (Å²) in [5.41, 5.74) is 1.69. The van der Waals surface area contributed by atoms with Gasteiger partial charge in [-0.2, -0.15) is 0 Å². The molecule has 1 N–H and O–H groups in total. The van der Waals surface area contributed by atoms with Crippen LogP contribution in [0.1, 0.15) is 18.4 Å². The number of hydrogen-bond acceptors (Lipinski definition) is 6. The molecule has 0 unspecified atom stereocenters. The molecule has 0 spiro atoms. The van der Waals surface area contributed by atoms with Gasteiger partial charge in [0.1, 0.15) is 0 Å². The van der Waals surface area contributed by atoms with Gasteiger partial charge in [-0.25, -0.2) is 9.97 Å². The van der Waals surface area contributed by atoms with Crippen molar-refractivity contribution in [2.45, 2.75) is 19.8 Å². The molecule has 1 aromatic carbocycles. The van der Waals surface area contributed by atoms with Crippen LogP contribution in [0.5, 0.6) is 0 Å². The van der Waals surface area contributed by atoms with Crippen LogP contribution in [0.25, 0.3) is 0 Å². The smallest absolute Gasteiger partial charge is 0.309 e. The van der Waals surface area contributed by atoms with Gasteiger partial charge in [0.25, 0.3) is 5.91 Å². The highest BCUT2D eigenvalue weighted by molar-refractivity contribution is 9.10. The maximum Gasteiger partial charge on any atom is 0.309 e. The number of nitrogens with one attached hydrogen (secondary N) is 1. The third kappa shape index (κ3) is 5.26. The number of halogens is 1. The molecule has 2 aromatic rings. The van der Waals surface area contributed by atoms with Crippen molar-refractivity contribution in [3.05, 3.63) is 46.7 Å².